The van der Waals surface area contributed by atoms with E-state index in [1.807, 2.05) is 19.3 Å². The Bertz CT molecular complexity index is 1870. The van der Waals surface area contributed by atoms with Crippen LogP contribution in [0.15, 0.2) is 67.3 Å². The number of alkyl halides is 1. The average molecular weight is 637 g/mol. The number of ether oxygens (including phenoxy) is 1. The number of pyridine rings is 1. The maximum Gasteiger partial charge on any atom is 0.258 e. The summed E-state index contributed by atoms with van der Waals surface area (Å²) in [6, 6.07) is 14.6. The molecule has 2 saturated heterocycles. The third-order valence-electron chi connectivity index (χ3n) is 10.2. The van der Waals surface area contributed by atoms with E-state index in [-0.39, 0.29) is 30.6 Å². The van der Waals surface area contributed by atoms with Crippen LogP contribution < -0.4 is 15.5 Å². The maximum absolute atomic E-state index is 15.0. The van der Waals surface area contributed by atoms with Crippen molar-refractivity contribution in [3.63, 3.8) is 0 Å². The molecule has 0 radical (unpaired) electrons. The number of hydrogen-bond donors (Lipinski definition) is 3. The van der Waals surface area contributed by atoms with Crippen molar-refractivity contribution in [1.82, 2.24) is 19.9 Å². The van der Waals surface area contributed by atoms with Crippen molar-refractivity contribution in [2.45, 2.75) is 68.3 Å². The Morgan fingerprint density at radius 1 is 1.13 bits per heavy atom. The lowest BCUT2D eigenvalue weighted by Crippen LogP contribution is -2.51. The Kier molecular flexibility index (Phi) is 7.24. The summed E-state index contributed by atoms with van der Waals surface area (Å²) < 4.78 is 22.5. The SMILES string of the molecule is Cn1cncc1-c1ccc(NC(=O)[C@@H](NC(=O)C2(F)CC2)[C@@H]2CCCc3ccc(-c4ccnc(N5CC6C[C@@H]5CO6)c4)cc32)cc1O. The number of aryl methyl sites for hydroxylation is 2. The number of nitrogens with zero attached hydrogens (tertiary/aromatic N) is 4. The number of fused-ring (bicyclic) bond motifs is 3. The standard InChI is InChI=1S/C36H37FN6O4/c1-42-20-38-17-30(42)28-8-7-24(15-31(28)44)40-34(45)33(41-35(46)36(37)10-11-36)27-4-2-3-21-5-6-22(13-29(21)27)23-9-12-39-32(14-23)43-18-26-16-25(43)19-47-26/h5-9,12-15,17,20,25-27,33,44H,2-4,10-11,16,18-19H2,1H3,(H,40,45)(H,41,46)/t25-,26?,27-,33+/m1/s1. The Morgan fingerprint density at radius 2 is 1.98 bits per heavy atom. The van der Waals surface area contributed by atoms with E-state index in [0.29, 0.717) is 23.7 Å². The molecule has 4 aliphatic rings. The summed E-state index contributed by atoms with van der Waals surface area (Å²) in [6.45, 7) is 1.56. The first kappa shape index (κ1) is 29.6. The fourth-order valence-electron chi connectivity index (χ4n) is 7.42. The minimum Gasteiger partial charge on any atom is -0.507 e. The fraction of sp³-hybridized carbons (Fsp3) is 0.389. The highest BCUT2D eigenvalue weighted by molar-refractivity contribution is 6.00. The van der Waals surface area contributed by atoms with Gasteiger partial charge in [0.15, 0.2) is 5.67 Å². The molecule has 4 aromatic rings. The van der Waals surface area contributed by atoms with Gasteiger partial charge < -0.3 is 29.9 Å². The normalized spacial score (nSPS) is 22.9. The summed E-state index contributed by atoms with van der Waals surface area (Å²) in [5, 5.41) is 16.5. The van der Waals surface area contributed by atoms with Crippen LogP contribution >= 0.6 is 0 Å². The number of imidazole rings is 1. The van der Waals surface area contributed by atoms with Crippen LogP contribution in [0.3, 0.4) is 0 Å². The van der Waals surface area contributed by atoms with Crippen molar-refractivity contribution >= 4 is 23.3 Å². The fourth-order valence-corrected chi connectivity index (χ4v) is 7.42. The third kappa shape index (κ3) is 5.52. The lowest BCUT2D eigenvalue weighted by molar-refractivity contribution is -0.131. The van der Waals surface area contributed by atoms with Crippen molar-refractivity contribution in [2.24, 2.45) is 7.05 Å². The summed E-state index contributed by atoms with van der Waals surface area (Å²) in [5.41, 5.74) is 3.81. The van der Waals surface area contributed by atoms with Crippen molar-refractivity contribution in [1.29, 1.82) is 0 Å². The van der Waals surface area contributed by atoms with Gasteiger partial charge in [-0.15, -0.1) is 0 Å². The molecule has 4 atom stereocenters. The molecule has 3 N–H and O–H groups in total. The highest BCUT2D eigenvalue weighted by Gasteiger charge is 2.52. The molecule has 11 heteroatoms. The Hall–Kier alpha value is -4.77. The molecule has 4 heterocycles. The lowest BCUT2D eigenvalue weighted by Gasteiger charge is -2.33. The molecule has 242 valence electrons. The second-order valence-electron chi connectivity index (χ2n) is 13.3. The smallest absolute Gasteiger partial charge is 0.258 e. The van der Waals surface area contributed by atoms with E-state index in [4.69, 9.17) is 4.74 Å². The first-order valence-corrected chi connectivity index (χ1v) is 16.3. The molecule has 10 nitrogen and oxygen atoms in total. The van der Waals surface area contributed by atoms with Crippen LogP contribution in [0.4, 0.5) is 15.9 Å². The second kappa shape index (κ2) is 11.5. The largest absolute Gasteiger partial charge is 0.507 e. The number of nitrogens with one attached hydrogen (secondary N) is 2. The van der Waals surface area contributed by atoms with Crippen molar-refractivity contribution < 1.29 is 23.8 Å². The molecule has 0 spiro atoms. The van der Waals surface area contributed by atoms with Crippen LogP contribution in [-0.4, -0.2) is 68.5 Å². The highest BCUT2D eigenvalue weighted by atomic mass is 19.1. The second-order valence-corrected chi connectivity index (χ2v) is 13.3. The number of benzene rings is 2. The quantitative estimate of drug-likeness (QED) is 0.252. The van der Waals surface area contributed by atoms with Gasteiger partial charge in [-0.3, -0.25) is 9.59 Å². The van der Waals surface area contributed by atoms with E-state index in [1.54, 1.807) is 29.2 Å². The summed E-state index contributed by atoms with van der Waals surface area (Å²) in [5.74, 6) is -0.687. The van der Waals surface area contributed by atoms with Gasteiger partial charge in [0, 0.05) is 43.0 Å². The van der Waals surface area contributed by atoms with Gasteiger partial charge in [0.05, 0.1) is 37.0 Å². The number of carbonyl (C=O) groups is 2. The van der Waals surface area contributed by atoms with Crippen molar-refractivity contribution in [3.8, 4) is 28.1 Å². The summed E-state index contributed by atoms with van der Waals surface area (Å²) in [4.78, 5) is 38.2. The number of carbonyl (C=O) groups excluding carboxylic acids is 2. The molecule has 8 rings (SSSR count). The predicted molar refractivity (Wildman–Crippen MR) is 175 cm³/mol. The average Bonchev–Trinajstić information content (AvgIpc) is 3.39. The molecule has 2 aliphatic heterocycles. The molecule has 2 aromatic carbocycles. The Labute approximate surface area is 272 Å². The third-order valence-corrected chi connectivity index (χ3v) is 10.2. The van der Waals surface area contributed by atoms with Gasteiger partial charge in [-0.05, 0) is 85.0 Å². The zero-order valence-corrected chi connectivity index (χ0v) is 26.2. The topological polar surface area (TPSA) is 122 Å². The van der Waals surface area contributed by atoms with Crippen LogP contribution in [-0.2, 0) is 27.8 Å². The van der Waals surface area contributed by atoms with Gasteiger partial charge in [0.1, 0.15) is 17.6 Å². The van der Waals surface area contributed by atoms with Crippen LogP contribution in [0.5, 0.6) is 5.75 Å². The van der Waals surface area contributed by atoms with E-state index >= 15 is 0 Å². The number of rotatable bonds is 8. The minimum atomic E-state index is -1.94. The number of aromatic hydroxyl groups is 1. The molecule has 2 bridgehead atoms. The molecule has 1 saturated carbocycles. The number of phenols is 1. The molecular weight excluding hydrogens is 599 g/mol. The minimum absolute atomic E-state index is 0.0219. The molecule has 2 amide bonds. The number of amides is 2. The van der Waals surface area contributed by atoms with Crippen LogP contribution in [0, 0.1) is 0 Å². The number of aromatic nitrogens is 3. The Balaban J connectivity index is 1.09. The summed E-state index contributed by atoms with van der Waals surface area (Å²) >= 11 is 0. The molecular formula is C36H37FN6O4. The number of morpholine rings is 1. The predicted octanol–water partition coefficient (Wildman–Crippen LogP) is 4.88. The number of phenolic OH excluding ortho intramolecular Hbond substituents is 1. The van der Waals surface area contributed by atoms with E-state index in [0.717, 1.165) is 66.2 Å². The van der Waals surface area contributed by atoms with Gasteiger partial charge in [-0.2, -0.15) is 0 Å². The van der Waals surface area contributed by atoms with Crippen molar-refractivity contribution in [2.75, 3.05) is 23.4 Å². The van der Waals surface area contributed by atoms with Crippen molar-refractivity contribution in [3.05, 3.63) is 78.4 Å². The van der Waals surface area contributed by atoms with E-state index < -0.39 is 23.5 Å². The summed E-state index contributed by atoms with van der Waals surface area (Å²) in [6.07, 6.45) is 9.03. The van der Waals surface area contributed by atoms with E-state index in [2.05, 4.69) is 49.8 Å². The molecule has 3 fully saturated rings. The zero-order chi connectivity index (χ0) is 32.3. The number of halogens is 1. The Morgan fingerprint density at radius 3 is 2.70 bits per heavy atom. The summed E-state index contributed by atoms with van der Waals surface area (Å²) in [7, 11) is 1.83. The number of anilines is 2. The number of hydrogen-bond acceptors (Lipinski definition) is 7. The molecule has 1 unspecified atom stereocenters. The van der Waals surface area contributed by atoms with E-state index in [1.165, 1.54) is 6.07 Å². The van der Waals surface area contributed by atoms with Gasteiger partial charge in [0.2, 0.25) is 5.91 Å². The first-order chi connectivity index (χ1) is 22.8. The molecule has 47 heavy (non-hydrogen) atoms. The highest BCUT2D eigenvalue weighted by Crippen LogP contribution is 2.42. The lowest BCUT2D eigenvalue weighted by atomic mass is 9.77. The van der Waals surface area contributed by atoms with Gasteiger partial charge in [-0.25, -0.2) is 14.4 Å². The van der Waals surface area contributed by atoms with Crippen LogP contribution in [0.1, 0.15) is 49.1 Å². The monoisotopic (exact) mass is 636 g/mol. The zero-order valence-electron chi connectivity index (χ0n) is 26.2. The first-order valence-electron chi connectivity index (χ1n) is 16.3. The van der Waals surface area contributed by atoms with Crippen LogP contribution in [0.25, 0.3) is 22.4 Å². The molecule has 2 aromatic heterocycles. The van der Waals surface area contributed by atoms with E-state index in [9.17, 15) is 19.1 Å². The van der Waals surface area contributed by atoms with Gasteiger partial charge in [0.25, 0.3) is 5.91 Å². The molecule has 2 aliphatic carbocycles. The van der Waals surface area contributed by atoms with Gasteiger partial charge in [-0.1, -0.05) is 18.2 Å². The van der Waals surface area contributed by atoms with Gasteiger partial charge >= 0.3 is 0 Å². The maximum atomic E-state index is 15.0. The van der Waals surface area contributed by atoms with Crippen LogP contribution in [0.2, 0.25) is 0 Å².